The maximum absolute atomic E-state index is 13.3. The Kier molecular flexibility index (Phi) is 11.5. The van der Waals surface area contributed by atoms with E-state index in [-0.39, 0.29) is 24.4 Å². The Morgan fingerprint density at radius 1 is 1.21 bits per heavy atom. The van der Waals surface area contributed by atoms with Gasteiger partial charge in [0.15, 0.2) is 6.29 Å². The van der Waals surface area contributed by atoms with E-state index in [0.29, 0.717) is 26.1 Å². The highest BCUT2D eigenvalue weighted by atomic mass is 32.1. The first-order chi connectivity index (χ1) is 18.4. The first-order valence-corrected chi connectivity index (χ1v) is 14.9. The van der Waals surface area contributed by atoms with Gasteiger partial charge < -0.3 is 24.4 Å². The molecule has 0 amide bonds. The fourth-order valence-corrected chi connectivity index (χ4v) is 5.81. The number of aromatic nitrogens is 1. The van der Waals surface area contributed by atoms with Gasteiger partial charge in [0.2, 0.25) is 0 Å². The van der Waals surface area contributed by atoms with Crippen molar-refractivity contribution in [3.05, 3.63) is 33.3 Å². The van der Waals surface area contributed by atoms with Crippen LogP contribution in [0.3, 0.4) is 0 Å². The zero-order valence-corrected chi connectivity index (χ0v) is 25.0. The first kappa shape index (κ1) is 31.6. The van der Waals surface area contributed by atoms with Gasteiger partial charge in [-0.15, -0.1) is 11.3 Å². The zero-order valence-electron chi connectivity index (χ0n) is 24.1. The van der Waals surface area contributed by atoms with Crippen molar-refractivity contribution in [3.63, 3.8) is 0 Å². The topological polar surface area (TPSA) is 115 Å². The van der Waals surface area contributed by atoms with Gasteiger partial charge >= 0.3 is 5.97 Å². The van der Waals surface area contributed by atoms with Crippen molar-refractivity contribution >= 4 is 29.2 Å². The molecule has 2 aliphatic heterocycles. The predicted molar refractivity (Wildman–Crippen MR) is 151 cm³/mol. The Bertz CT molecular complexity index is 1040. The second-order valence-corrected chi connectivity index (χ2v) is 12.6. The van der Waals surface area contributed by atoms with Crippen LogP contribution < -0.4 is 0 Å². The largest absolute Gasteiger partial charge is 0.457 e. The summed E-state index contributed by atoms with van der Waals surface area (Å²) in [6, 6.07) is 0. The predicted octanol–water partition coefficient (Wildman–Crippen LogP) is 5.01. The fraction of sp³-hybridized carbons (Fsp3) is 0.700. The van der Waals surface area contributed by atoms with Crippen LogP contribution in [0.5, 0.6) is 0 Å². The SMILES string of the molecule is C/C(=C\c1csc(C)n1)[C@@H]1C/C=C(/CC2OCCO2)CCC[C@H](C)C(O)[C@@H](C)C(=O)C(C)(C)[C@@H](O)CC(=O)O1. The molecule has 1 aromatic heterocycles. The van der Waals surface area contributed by atoms with Gasteiger partial charge in [0.25, 0.3) is 0 Å². The number of hydrogen-bond donors (Lipinski definition) is 2. The molecule has 0 spiro atoms. The van der Waals surface area contributed by atoms with E-state index >= 15 is 0 Å². The Labute approximate surface area is 236 Å². The monoisotopic (exact) mass is 563 g/mol. The molecule has 3 rings (SSSR count). The highest BCUT2D eigenvalue weighted by Gasteiger charge is 2.42. The molecule has 2 aliphatic rings. The van der Waals surface area contributed by atoms with Gasteiger partial charge in [0.05, 0.1) is 48.0 Å². The normalized spacial score (nSPS) is 32.1. The summed E-state index contributed by atoms with van der Waals surface area (Å²) in [7, 11) is 0. The second kappa shape index (κ2) is 14.1. The molecular formula is C30H45NO7S. The minimum Gasteiger partial charge on any atom is -0.457 e. The lowest BCUT2D eigenvalue weighted by molar-refractivity contribution is -0.154. The molecule has 0 radical (unpaired) electrons. The molecular weight excluding hydrogens is 518 g/mol. The Balaban J connectivity index is 1.91. The van der Waals surface area contributed by atoms with Gasteiger partial charge in [-0.3, -0.25) is 9.59 Å². The van der Waals surface area contributed by atoms with Gasteiger partial charge in [0, 0.05) is 24.1 Å². The van der Waals surface area contributed by atoms with Crippen molar-refractivity contribution in [1.29, 1.82) is 0 Å². The van der Waals surface area contributed by atoms with Crippen LogP contribution in [-0.2, 0) is 23.8 Å². The third-order valence-electron chi connectivity index (χ3n) is 8.03. The van der Waals surface area contributed by atoms with Crippen LogP contribution in [-0.4, -0.2) is 64.8 Å². The number of Topliss-reactive ketones (excluding diaryl/α,β-unsaturated/α-hetero) is 1. The lowest BCUT2D eigenvalue weighted by atomic mass is 9.73. The minimum atomic E-state index is -1.25. The number of ketones is 1. The molecule has 8 nitrogen and oxygen atoms in total. The number of hydrogen-bond acceptors (Lipinski definition) is 9. The number of aliphatic hydroxyl groups is 2. The Hall–Kier alpha value is -1.91. The molecule has 1 saturated heterocycles. The third kappa shape index (κ3) is 8.79. The van der Waals surface area contributed by atoms with E-state index in [0.717, 1.165) is 41.1 Å². The lowest BCUT2D eigenvalue weighted by Crippen LogP contribution is -2.45. The van der Waals surface area contributed by atoms with Gasteiger partial charge in [-0.25, -0.2) is 4.98 Å². The van der Waals surface area contributed by atoms with E-state index in [1.807, 2.05) is 32.2 Å². The number of nitrogens with zero attached hydrogens (tertiary/aromatic N) is 1. The summed E-state index contributed by atoms with van der Waals surface area (Å²) in [5.41, 5.74) is 1.57. The molecule has 1 fully saturated rings. The summed E-state index contributed by atoms with van der Waals surface area (Å²) in [6.07, 6.45) is 4.17. The van der Waals surface area contributed by atoms with E-state index in [2.05, 4.69) is 11.1 Å². The molecule has 3 heterocycles. The van der Waals surface area contributed by atoms with Crippen LogP contribution in [0, 0.1) is 24.2 Å². The molecule has 0 saturated carbocycles. The van der Waals surface area contributed by atoms with E-state index in [1.54, 1.807) is 32.1 Å². The molecule has 0 aliphatic carbocycles. The maximum atomic E-state index is 13.3. The maximum Gasteiger partial charge on any atom is 0.309 e. The number of carbonyl (C=O) groups is 2. The smallest absolute Gasteiger partial charge is 0.309 e. The van der Waals surface area contributed by atoms with Gasteiger partial charge in [-0.05, 0) is 50.7 Å². The van der Waals surface area contributed by atoms with Crippen LogP contribution in [0.25, 0.3) is 6.08 Å². The number of aryl methyl sites for hydroxylation is 1. The number of aliphatic hydroxyl groups excluding tert-OH is 2. The van der Waals surface area contributed by atoms with E-state index < -0.39 is 35.6 Å². The average molecular weight is 564 g/mol. The zero-order chi connectivity index (χ0) is 28.7. The van der Waals surface area contributed by atoms with Crippen LogP contribution in [0.15, 0.2) is 22.6 Å². The summed E-state index contributed by atoms with van der Waals surface area (Å²) < 4.78 is 17.3. The summed E-state index contributed by atoms with van der Waals surface area (Å²) in [4.78, 5) is 30.9. The van der Waals surface area contributed by atoms with Crippen LogP contribution in [0.1, 0.15) is 83.8 Å². The van der Waals surface area contributed by atoms with Crippen molar-refractivity contribution in [2.24, 2.45) is 17.3 Å². The Morgan fingerprint density at radius 3 is 2.54 bits per heavy atom. The molecule has 2 N–H and O–H groups in total. The molecule has 0 bridgehead atoms. The van der Waals surface area contributed by atoms with Crippen LogP contribution >= 0.6 is 11.3 Å². The number of carbonyl (C=O) groups excluding carboxylic acids is 2. The highest BCUT2D eigenvalue weighted by molar-refractivity contribution is 7.09. The van der Waals surface area contributed by atoms with Crippen molar-refractivity contribution in [1.82, 2.24) is 4.98 Å². The summed E-state index contributed by atoms with van der Waals surface area (Å²) in [5, 5.41) is 24.8. The van der Waals surface area contributed by atoms with E-state index in [4.69, 9.17) is 14.2 Å². The Morgan fingerprint density at radius 2 is 1.90 bits per heavy atom. The molecule has 1 aromatic rings. The summed E-state index contributed by atoms with van der Waals surface area (Å²) in [5.74, 6) is -1.63. The van der Waals surface area contributed by atoms with Gasteiger partial charge in [-0.2, -0.15) is 0 Å². The first-order valence-electron chi connectivity index (χ1n) is 14.0. The second-order valence-electron chi connectivity index (χ2n) is 11.6. The van der Waals surface area contributed by atoms with Crippen molar-refractivity contribution in [2.75, 3.05) is 13.2 Å². The highest BCUT2D eigenvalue weighted by Crippen LogP contribution is 2.33. The number of rotatable bonds is 4. The van der Waals surface area contributed by atoms with Gasteiger partial charge in [0.1, 0.15) is 11.9 Å². The standard InChI is InChI=1S/C30H45NO7S/c1-18-8-7-9-22(15-27-36-12-13-37-27)10-11-24(19(2)14-23-17-39-21(4)31-23)38-26(33)16-25(32)30(5,6)29(35)20(3)28(18)34/h10,14,17-18,20,24-25,27-28,32,34H,7-9,11-13,15-16H2,1-6H3/b19-14+,22-10+/t18-,20+,24-,25-,28?/m0/s1. The summed E-state index contributed by atoms with van der Waals surface area (Å²) >= 11 is 1.55. The van der Waals surface area contributed by atoms with Crippen LogP contribution in [0.2, 0.25) is 0 Å². The van der Waals surface area contributed by atoms with Crippen molar-refractivity contribution in [2.45, 2.75) is 105 Å². The lowest BCUT2D eigenvalue weighted by Gasteiger charge is -2.34. The summed E-state index contributed by atoms with van der Waals surface area (Å²) in [6.45, 7) is 11.9. The fourth-order valence-electron chi connectivity index (χ4n) is 5.24. The van der Waals surface area contributed by atoms with Gasteiger partial charge in [-0.1, -0.05) is 39.3 Å². The molecule has 5 atom stereocenters. The average Bonchev–Trinajstić information content (AvgIpc) is 3.55. The molecule has 0 aromatic carbocycles. The number of esters is 1. The molecule has 9 heteroatoms. The number of ether oxygens (including phenoxy) is 3. The van der Waals surface area contributed by atoms with Crippen molar-refractivity contribution in [3.8, 4) is 0 Å². The minimum absolute atomic E-state index is 0.102. The van der Waals surface area contributed by atoms with Crippen LogP contribution in [0.4, 0.5) is 0 Å². The van der Waals surface area contributed by atoms with E-state index in [9.17, 15) is 19.8 Å². The molecule has 39 heavy (non-hydrogen) atoms. The molecule has 1 unspecified atom stereocenters. The molecule has 218 valence electrons. The number of cyclic esters (lactones) is 1. The van der Waals surface area contributed by atoms with E-state index in [1.165, 1.54) is 0 Å². The third-order valence-corrected chi connectivity index (χ3v) is 8.82. The quantitative estimate of drug-likeness (QED) is 0.388. The van der Waals surface area contributed by atoms with Crippen molar-refractivity contribution < 1.29 is 34.0 Å². The number of thiazole rings is 1.